The van der Waals surface area contributed by atoms with E-state index in [1.54, 1.807) is 17.2 Å². The quantitative estimate of drug-likeness (QED) is 0.304. The zero-order valence-corrected chi connectivity index (χ0v) is 23.1. The summed E-state index contributed by atoms with van der Waals surface area (Å²) in [7, 11) is -0.0142. The maximum atomic E-state index is 6.42. The smallest absolute Gasteiger partial charge is 0.199 e. The molecule has 0 atom stereocenters. The molecule has 5 aromatic rings. The van der Waals surface area contributed by atoms with Crippen LogP contribution in [0, 0.1) is 0 Å². The summed E-state index contributed by atoms with van der Waals surface area (Å²) < 4.78 is 10.1. The Bertz CT molecular complexity index is 1560. The van der Waals surface area contributed by atoms with Gasteiger partial charge in [-0.15, -0.1) is 5.10 Å². The number of benzene rings is 1. The Morgan fingerprint density at radius 3 is 2.38 bits per heavy atom. The standard InChI is InChI=1S/C27H32N8OSi/c1-27(2,3)37(5,6)36-16-18-9-11-19(12-10-18)35-25(20-8-7-15-29-23(20)28)32-22-14-13-21(31-26(22)35)24-30-17-34(4)33-24/h7-15,17H,16H2,1-6H3,(H2,28,29). The summed E-state index contributed by atoms with van der Waals surface area (Å²) >= 11 is 0. The Labute approximate surface area is 217 Å². The molecule has 0 saturated carbocycles. The number of nitrogens with zero attached hydrogens (tertiary/aromatic N) is 7. The van der Waals surface area contributed by atoms with Crippen molar-refractivity contribution in [3.8, 4) is 28.6 Å². The number of anilines is 1. The molecule has 0 bridgehead atoms. The van der Waals surface area contributed by atoms with Crippen molar-refractivity contribution in [2.45, 2.75) is 45.5 Å². The molecule has 0 amide bonds. The molecule has 0 fully saturated rings. The lowest BCUT2D eigenvalue weighted by molar-refractivity contribution is 0.276. The highest BCUT2D eigenvalue weighted by Crippen LogP contribution is 2.37. The second-order valence-corrected chi connectivity index (χ2v) is 15.5. The Morgan fingerprint density at radius 2 is 1.73 bits per heavy atom. The van der Waals surface area contributed by atoms with E-state index in [1.807, 2.05) is 35.9 Å². The number of hydrogen-bond donors (Lipinski definition) is 1. The van der Waals surface area contributed by atoms with Crippen LogP contribution in [0.15, 0.2) is 61.1 Å². The second kappa shape index (κ2) is 9.20. The van der Waals surface area contributed by atoms with E-state index in [9.17, 15) is 0 Å². The van der Waals surface area contributed by atoms with E-state index in [2.05, 4.69) is 73.2 Å². The van der Waals surface area contributed by atoms with E-state index in [0.29, 0.717) is 35.4 Å². The van der Waals surface area contributed by atoms with Gasteiger partial charge in [0.2, 0.25) is 0 Å². The number of aromatic nitrogens is 7. The van der Waals surface area contributed by atoms with Gasteiger partial charge in [-0.1, -0.05) is 32.9 Å². The minimum atomic E-state index is -1.85. The topological polar surface area (TPSA) is 110 Å². The molecule has 0 unspecified atom stereocenters. The van der Waals surface area contributed by atoms with Crippen LogP contribution in [0.2, 0.25) is 18.1 Å². The Kier molecular flexibility index (Phi) is 6.16. The molecule has 9 nitrogen and oxygen atoms in total. The summed E-state index contributed by atoms with van der Waals surface area (Å²) in [5.74, 6) is 1.63. The zero-order valence-electron chi connectivity index (χ0n) is 22.1. The molecule has 0 spiro atoms. The maximum Gasteiger partial charge on any atom is 0.199 e. The van der Waals surface area contributed by atoms with Crippen LogP contribution in [0.5, 0.6) is 0 Å². The van der Waals surface area contributed by atoms with Crippen molar-refractivity contribution in [1.29, 1.82) is 0 Å². The molecule has 0 aliphatic heterocycles. The third-order valence-corrected chi connectivity index (χ3v) is 11.5. The number of pyridine rings is 2. The van der Waals surface area contributed by atoms with Gasteiger partial charge in [-0.2, -0.15) is 0 Å². The van der Waals surface area contributed by atoms with Gasteiger partial charge in [0.15, 0.2) is 25.6 Å². The molecular weight excluding hydrogens is 480 g/mol. The third kappa shape index (κ3) is 4.77. The van der Waals surface area contributed by atoms with Crippen LogP contribution in [0.3, 0.4) is 0 Å². The molecule has 1 aromatic carbocycles. The van der Waals surface area contributed by atoms with E-state index < -0.39 is 8.32 Å². The number of rotatable bonds is 6. The first-order valence-electron chi connectivity index (χ1n) is 12.2. The van der Waals surface area contributed by atoms with Gasteiger partial charge in [-0.05, 0) is 60.1 Å². The van der Waals surface area contributed by atoms with Gasteiger partial charge in [-0.3, -0.25) is 9.25 Å². The number of hydrogen-bond acceptors (Lipinski definition) is 7. The summed E-state index contributed by atoms with van der Waals surface area (Å²) in [4.78, 5) is 18.4. The monoisotopic (exact) mass is 512 g/mol. The largest absolute Gasteiger partial charge is 0.413 e. The van der Waals surface area contributed by atoms with Gasteiger partial charge in [0.1, 0.15) is 23.4 Å². The normalized spacial score (nSPS) is 12.4. The number of aryl methyl sites for hydroxylation is 1. The lowest BCUT2D eigenvalue weighted by Crippen LogP contribution is -2.40. The summed E-state index contributed by atoms with van der Waals surface area (Å²) in [6.07, 6.45) is 3.33. The molecule has 37 heavy (non-hydrogen) atoms. The summed E-state index contributed by atoms with van der Waals surface area (Å²) in [5, 5.41) is 4.57. The molecule has 0 aliphatic rings. The lowest BCUT2D eigenvalue weighted by Gasteiger charge is -2.36. The molecule has 0 aliphatic carbocycles. The molecule has 0 saturated heterocycles. The summed E-state index contributed by atoms with van der Waals surface area (Å²) in [6, 6.07) is 15.9. The van der Waals surface area contributed by atoms with E-state index in [1.165, 1.54) is 0 Å². The molecule has 4 heterocycles. The maximum absolute atomic E-state index is 6.42. The zero-order chi connectivity index (χ0) is 26.4. The van der Waals surface area contributed by atoms with Crippen molar-refractivity contribution in [1.82, 2.24) is 34.3 Å². The van der Waals surface area contributed by atoms with E-state index in [0.717, 1.165) is 22.3 Å². The fourth-order valence-electron chi connectivity index (χ4n) is 3.79. The fourth-order valence-corrected chi connectivity index (χ4v) is 4.75. The minimum absolute atomic E-state index is 0.160. The molecule has 10 heteroatoms. The van der Waals surface area contributed by atoms with Crippen molar-refractivity contribution < 1.29 is 4.43 Å². The van der Waals surface area contributed by atoms with Gasteiger partial charge >= 0.3 is 0 Å². The van der Waals surface area contributed by atoms with Crippen LogP contribution in [0.1, 0.15) is 26.3 Å². The first kappa shape index (κ1) is 24.8. The van der Waals surface area contributed by atoms with Gasteiger partial charge in [-0.25, -0.2) is 19.9 Å². The highest BCUT2D eigenvalue weighted by atomic mass is 28.4. The first-order chi connectivity index (χ1) is 17.5. The van der Waals surface area contributed by atoms with Gasteiger partial charge in [0.05, 0.1) is 12.2 Å². The van der Waals surface area contributed by atoms with Crippen molar-refractivity contribution in [2.24, 2.45) is 7.05 Å². The SMILES string of the molecule is Cn1cnc(-c2ccc3nc(-c4cccnc4N)n(-c4ccc(CO[Si](C)(C)C(C)(C)C)cc4)c3n2)n1. The van der Waals surface area contributed by atoms with Gasteiger partial charge in [0.25, 0.3) is 0 Å². The van der Waals surface area contributed by atoms with E-state index in [4.69, 9.17) is 20.1 Å². The lowest BCUT2D eigenvalue weighted by atomic mass is 10.2. The first-order valence-corrected chi connectivity index (χ1v) is 15.1. The van der Waals surface area contributed by atoms with E-state index >= 15 is 0 Å². The second-order valence-electron chi connectivity index (χ2n) is 10.7. The molecule has 4 aromatic heterocycles. The Morgan fingerprint density at radius 1 is 0.973 bits per heavy atom. The van der Waals surface area contributed by atoms with E-state index in [-0.39, 0.29) is 5.04 Å². The molecular formula is C27H32N8OSi. The number of nitrogen functional groups attached to an aromatic ring is 1. The number of fused-ring (bicyclic) bond motifs is 1. The summed E-state index contributed by atoms with van der Waals surface area (Å²) in [5.41, 5.74) is 11.1. The van der Waals surface area contributed by atoms with Crippen LogP contribution in [0.25, 0.3) is 39.8 Å². The average molecular weight is 513 g/mol. The van der Waals surface area contributed by atoms with Crippen LogP contribution >= 0.6 is 0 Å². The van der Waals surface area contributed by atoms with Crippen LogP contribution < -0.4 is 5.73 Å². The van der Waals surface area contributed by atoms with Gasteiger partial charge < -0.3 is 10.2 Å². The predicted molar refractivity (Wildman–Crippen MR) is 148 cm³/mol. The molecule has 190 valence electrons. The third-order valence-electron chi connectivity index (χ3n) is 7.01. The van der Waals surface area contributed by atoms with Crippen molar-refractivity contribution in [3.63, 3.8) is 0 Å². The van der Waals surface area contributed by atoms with Crippen molar-refractivity contribution in [3.05, 3.63) is 66.6 Å². The van der Waals surface area contributed by atoms with Crippen LogP contribution in [-0.2, 0) is 18.1 Å². The Hall–Kier alpha value is -3.89. The molecule has 0 radical (unpaired) electrons. The van der Waals surface area contributed by atoms with Crippen molar-refractivity contribution >= 4 is 25.3 Å². The summed E-state index contributed by atoms with van der Waals surface area (Å²) in [6.45, 7) is 11.9. The van der Waals surface area contributed by atoms with Gasteiger partial charge in [0, 0.05) is 18.9 Å². The highest BCUT2D eigenvalue weighted by Gasteiger charge is 2.37. The molecule has 2 N–H and O–H groups in total. The van der Waals surface area contributed by atoms with Crippen LogP contribution in [-0.4, -0.2) is 42.6 Å². The highest BCUT2D eigenvalue weighted by molar-refractivity contribution is 6.74. The predicted octanol–water partition coefficient (Wildman–Crippen LogP) is 5.38. The number of nitrogens with two attached hydrogens (primary N) is 1. The Balaban J connectivity index is 1.59. The number of imidazole rings is 1. The van der Waals surface area contributed by atoms with Crippen LogP contribution in [0.4, 0.5) is 5.82 Å². The van der Waals surface area contributed by atoms with Crippen molar-refractivity contribution in [2.75, 3.05) is 5.73 Å². The minimum Gasteiger partial charge on any atom is -0.413 e. The molecule has 5 rings (SSSR count). The fraction of sp³-hybridized carbons (Fsp3) is 0.296. The average Bonchev–Trinajstić information content (AvgIpc) is 3.46.